The van der Waals surface area contributed by atoms with Crippen LogP contribution >= 0.6 is 11.3 Å². The Labute approximate surface area is 221 Å². The predicted molar refractivity (Wildman–Crippen MR) is 144 cm³/mol. The molecule has 3 aromatic rings. The third-order valence-corrected chi connectivity index (χ3v) is 6.70. The van der Waals surface area contributed by atoms with Gasteiger partial charge in [-0.1, -0.05) is 48.5 Å². The first-order valence-electron chi connectivity index (χ1n) is 12.1. The summed E-state index contributed by atoms with van der Waals surface area (Å²) in [4.78, 5) is 30.5. The number of allylic oxidation sites excluding steroid dienone is 1. The second-order valence-corrected chi connectivity index (χ2v) is 9.37. The molecule has 0 saturated heterocycles. The summed E-state index contributed by atoms with van der Waals surface area (Å²) < 4.78 is 10.8. The van der Waals surface area contributed by atoms with E-state index in [9.17, 15) is 9.59 Å². The number of nitrogens with zero attached hydrogens (tertiary/aromatic N) is 1. The SMILES string of the molecule is CCOC(=O)C1=C(C)NC(C)(c2ccccc2)C(C(=O)OCC)C1Nc1nccs1.Oc1ccccc1. The van der Waals surface area contributed by atoms with Crippen molar-refractivity contribution in [1.82, 2.24) is 10.3 Å². The number of phenolic OH excluding ortho intramolecular Hbond substituents is 1. The van der Waals surface area contributed by atoms with Gasteiger partial charge in [0.25, 0.3) is 0 Å². The summed E-state index contributed by atoms with van der Waals surface area (Å²) in [7, 11) is 0. The average molecular weight is 524 g/mol. The van der Waals surface area contributed by atoms with Gasteiger partial charge in [0, 0.05) is 17.3 Å². The fourth-order valence-electron chi connectivity index (χ4n) is 4.41. The topological polar surface area (TPSA) is 110 Å². The van der Waals surface area contributed by atoms with Crippen LogP contribution in [-0.4, -0.2) is 41.3 Å². The van der Waals surface area contributed by atoms with Gasteiger partial charge in [-0.05, 0) is 45.4 Å². The monoisotopic (exact) mass is 523 g/mol. The minimum absolute atomic E-state index is 0.236. The number of nitrogens with one attached hydrogen (secondary N) is 2. The van der Waals surface area contributed by atoms with E-state index in [-0.39, 0.29) is 13.2 Å². The summed E-state index contributed by atoms with van der Waals surface area (Å²) in [6, 6.07) is 17.7. The highest BCUT2D eigenvalue weighted by Crippen LogP contribution is 2.41. The summed E-state index contributed by atoms with van der Waals surface area (Å²) in [6.07, 6.45) is 1.67. The Balaban J connectivity index is 0.000000468. The lowest BCUT2D eigenvalue weighted by molar-refractivity contribution is -0.152. The molecule has 3 atom stereocenters. The fraction of sp³-hybridized carbons (Fsp3) is 0.321. The number of phenols is 1. The van der Waals surface area contributed by atoms with Gasteiger partial charge in [0.1, 0.15) is 11.7 Å². The zero-order valence-electron chi connectivity index (χ0n) is 21.4. The van der Waals surface area contributed by atoms with Crippen LogP contribution in [0.25, 0.3) is 0 Å². The molecule has 2 heterocycles. The molecule has 1 aromatic heterocycles. The molecular formula is C28H33N3O5S. The van der Waals surface area contributed by atoms with Crippen LogP contribution in [0.5, 0.6) is 5.75 Å². The van der Waals surface area contributed by atoms with E-state index in [0.29, 0.717) is 22.2 Å². The maximum atomic E-state index is 13.3. The molecule has 8 nitrogen and oxygen atoms in total. The van der Waals surface area contributed by atoms with E-state index < -0.39 is 29.4 Å². The minimum Gasteiger partial charge on any atom is -0.508 e. The smallest absolute Gasteiger partial charge is 0.337 e. The van der Waals surface area contributed by atoms with Crippen molar-refractivity contribution in [3.63, 3.8) is 0 Å². The molecule has 3 N–H and O–H groups in total. The van der Waals surface area contributed by atoms with E-state index in [1.54, 1.807) is 44.3 Å². The lowest BCUT2D eigenvalue weighted by Crippen LogP contribution is -2.60. The summed E-state index contributed by atoms with van der Waals surface area (Å²) in [5.41, 5.74) is 1.12. The van der Waals surface area contributed by atoms with Crippen LogP contribution in [0.2, 0.25) is 0 Å². The quantitative estimate of drug-likeness (QED) is 0.377. The minimum atomic E-state index is -0.817. The van der Waals surface area contributed by atoms with Crippen LogP contribution in [-0.2, 0) is 24.6 Å². The third-order valence-electron chi connectivity index (χ3n) is 5.99. The number of aromatic hydroxyl groups is 1. The molecule has 0 saturated carbocycles. The van der Waals surface area contributed by atoms with Gasteiger partial charge in [0.05, 0.1) is 30.4 Å². The highest BCUT2D eigenvalue weighted by Gasteiger charge is 2.53. The first-order chi connectivity index (χ1) is 17.8. The predicted octanol–water partition coefficient (Wildman–Crippen LogP) is 4.85. The van der Waals surface area contributed by atoms with Crippen molar-refractivity contribution >= 4 is 28.4 Å². The first kappa shape index (κ1) is 27.7. The molecule has 0 spiro atoms. The molecule has 4 rings (SSSR count). The van der Waals surface area contributed by atoms with Crippen molar-refractivity contribution in [3.05, 3.63) is 89.1 Å². The molecule has 1 aliphatic rings. The standard InChI is InChI=1S/C22H27N3O4S.C6H6O/c1-5-28-19(26)16-14(3)25-22(4,15-10-8-7-9-11-15)17(20(27)29-6-2)18(16)24-21-23-12-13-30-21;7-6-4-2-1-3-5-6/h7-13,17-18,25H,5-6H2,1-4H3,(H,23,24);1-5,7H. The number of esters is 2. The molecule has 37 heavy (non-hydrogen) atoms. The van der Waals surface area contributed by atoms with Gasteiger partial charge in [-0.25, -0.2) is 9.78 Å². The zero-order valence-corrected chi connectivity index (χ0v) is 22.2. The number of benzene rings is 2. The Morgan fingerprint density at radius 3 is 2.19 bits per heavy atom. The summed E-state index contributed by atoms with van der Waals surface area (Å²) in [6.45, 7) is 7.77. The first-order valence-corrected chi connectivity index (χ1v) is 13.0. The lowest BCUT2D eigenvalue weighted by Gasteiger charge is -2.47. The zero-order chi connectivity index (χ0) is 26.8. The van der Waals surface area contributed by atoms with E-state index in [4.69, 9.17) is 14.6 Å². The number of thiazole rings is 1. The molecule has 9 heteroatoms. The van der Waals surface area contributed by atoms with Crippen LogP contribution in [0.1, 0.15) is 33.3 Å². The van der Waals surface area contributed by atoms with Crippen LogP contribution in [0.15, 0.2) is 83.5 Å². The second kappa shape index (κ2) is 12.9. The molecule has 0 radical (unpaired) electrons. The number of ether oxygens (including phenoxy) is 2. The number of hydrogen-bond donors (Lipinski definition) is 3. The molecule has 0 bridgehead atoms. The van der Waals surface area contributed by atoms with Crippen LogP contribution in [0, 0.1) is 5.92 Å². The molecule has 2 aromatic carbocycles. The van der Waals surface area contributed by atoms with E-state index in [1.165, 1.54) is 11.3 Å². The molecule has 196 valence electrons. The fourth-order valence-corrected chi connectivity index (χ4v) is 4.98. The number of aromatic nitrogens is 1. The van der Waals surface area contributed by atoms with Crippen molar-refractivity contribution in [2.45, 2.75) is 39.3 Å². The van der Waals surface area contributed by atoms with Gasteiger partial charge in [-0.2, -0.15) is 0 Å². The number of rotatable bonds is 7. The van der Waals surface area contributed by atoms with E-state index in [2.05, 4.69) is 15.6 Å². The third kappa shape index (κ3) is 6.68. The van der Waals surface area contributed by atoms with Crippen LogP contribution in [0.3, 0.4) is 0 Å². The molecule has 3 unspecified atom stereocenters. The molecule has 0 amide bonds. The van der Waals surface area contributed by atoms with Crippen LogP contribution < -0.4 is 10.6 Å². The van der Waals surface area contributed by atoms with E-state index in [0.717, 1.165) is 5.56 Å². The van der Waals surface area contributed by atoms with Gasteiger partial charge < -0.3 is 25.2 Å². The van der Waals surface area contributed by atoms with Crippen molar-refractivity contribution in [2.24, 2.45) is 5.92 Å². The number of carbonyl (C=O) groups is 2. The Kier molecular flexibility index (Phi) is 9.68. The van der Waals surface area contributed by atoms with Gasteiger partial charge in [-0.15, -0.1) is 11.3 Å². The molecular weight excluding hydrogens is 490 g/mol. The van der Waals surface area contributed by atoms with Crippen molar-refractivity contribution in [1.29, 1.82) is 0 Å². The summed E-state index contributed by atoms with van der Waals surface area (Å²) in [5, 5.41) is 17.8. The van der Waals surface area contributed by atoms with Gasteiger partial charge in [0.2, 0.25) is 0 Å². The Morgan fingerprint density at radius 1 is 1.05 bits per heavy atom. The Hall–Kier alpha value is -3.85. The number of para-hydroxylation sites is 1. The van der Waals surface area contributed by atoms with Crippen LogP contribution in [0.4, 0.5) is 5.13 Å². The normalized spacial score (nSPS) is 20.6. The average Bonchev–Trinajstić information content (AvgIpc) is 3.39. The highest BCUT2D eigenvalue weighted by atomic mass is 32.1. The summed E-state index contributed by atoms with van der Waals surface area (Å²) in [5.74, 6) is -1.30. The van der Waals surface area contributed by atoms with Gasteiger partial charge in [-0.3, -0.25) is 4.79 Å². The maximum absolute atomic E-state index is 13.3. The number of hydrogen-bond acceptors (Lipinski definition) is 9. The number of carbonyl (C=O) groups excluding carboxylic acids is 2. The number of anilines is 1. The molecule has 1 aliphatic heterocycles. The van der Waals surface area contributed by atoms with Crippen molar-refractivity contribution in [3.8, 4) is 5.75 Å². The van der Waals surface area contributed by atoms with Crippen molar-refractivity contribution in [2.75, 3.05) is 18.5 Å². The van der Waals surface area contributed by atoms with Gasteiger partial charge >= 0.3 is 11.9 Å². The Morgan fingerprint density at radius 2 is 1.68 bits per heavy atom. The van der Waals surface area contributed by atoms with E-state index in [1.807, 2.05) is 55.6 Å². The molecule has 0 aliphatic carbocycles. The highest BCUT2D eigenvalue weighted by molar-refractivity contribution is 7.13. The Bertz CT molecular complexity index is 1190. The lowest BCUT2D eigenvalue weighted by atomic mass is 9.70. The van der Waals surface area contributed by atoms with Gasteiger partial charge in [0.15, 0.2) is 5.13 Å². The second-order valence-electron chi connectivity index (χ2n) is 8.48. The summed E-state index contributed by atoms with van der Waals surface area (Å²) >= 11 is 1.40. The molecule has 0 fully saturated rings. The van der Waals surface area contributed by atoms with E-state index >= 15 is 0 Å². The van der Waals surface area contributed by atoms with Crippen molar-refractivity contribution < 1.29 is 24.2 Å². The largest absolute Gasteiger partial charge is 0.508 e. The maximum Gasteiger partial charge on any atom is 0.337 e.